The quantitative estimate of drug-likeness (QED) is 0.586. The Kier molecular flexibility index (Phi) is 6.71. The first-order valence-corrected chi connectivity index (χ1v) is 9.33. The Hall–Kier alpha value is -2.28. The third-order valence-corrected chi connectivity index (χ3v) is 4.75. The first-order chi connectivity index (χ1) is 12.7. The number of nitrogens with zero attached hydrogens (tertiary/aromatic N) is 1. The van der Waals surface area contributed by atoms with Crippen molar-refractivity contribution >= 4 is 11.3 Å². The van der Waals surface area contributed by atoms with E-state index >= 15 is 0 Å². The van der Waals surface area contributed by atoms with E-state index in [0.29, 0.717) is 18.8 Å². The van der Waals surface area contributed by atoms with Gasteiger partial charge in [-0.25, -0.2) is 0 Å². The van der Waals surface area contributed by atoms with Crippen LogP contribution in [0.1, 0.15) is 10.6 Å². The van der Waals surface area contributed by atoms with E-state index in [1.54, 1.807) is 24.7 Å². The molecular formula is C20H23NO4S. The normalized spacial score (nSPS) is 12.3. The Balaban J connectivity index is 1.54. The van der Waals surface area contributed by atoms with Gasteiger partial charge < -0.3 is 19.0 Å². The summed E-state index contributed by atoms with van der Waals surface area (Å²) >= 11 is 1.71. The molecule has 26 heavy (non-hydrogen) atoms. The highest BCUT2D eigenvalue weighted by molar-refractivity contribution is 7.09. The van der Waals surface area contributed by atoms with Crippen LogP contribution in [0.5, 0.6) is 11.5 Å². The molecular weight excluding hydrogens is 350 g/mol. The van der Waals surface area contributed by atoms with Gasteiger partial charge in [-0.05, 0) is 47.8 Å². The van der Waals surface area contributed by atoms with Gasteiger partial charge in [0, 0.05) is 18.0 Å². The Morgan fingerprint density at radius 3 is 2.54 bits per heavy atom. The van der Waals surface area contributed by atoms with E-state index in [-0.39, 0.29) is 6.61 Å². The maximum Gasteiger partial charge on any atom is 0.119 e. The number of furan rings is 1. The smallest absolute Gasteiger partial charge is 0.119 e. The molecule has 0 aliphatic heterocycles. The average molecular weight is 373 g/mol. The van der Waals surface area contributed by atoms with Gasteiger partial charge in [-0.15, -0.1) is 11.3 Å². The van der Waals surface area contributed by atoms with E-state index in [9.17, 15) is 5.11 Å². The first kappa shape index (κ1) is 18.5. The van der Waals surface area contributed by atoms with Crippen LogP contribution in [0, 0.1) is 0 Å². The average Bonchev–Trinajstić information content (AvgIpc) is 3.34. The molecule has 0 aliphatic rings. The van der Waals surface area contributed by atoms with Crippen molar-refractivity contribution in [2.75, 3.05) is 20.3 Å². The Morgan fingerprint density at radius 1 is 1.08 bits per heavy atom. The van der Waals surface area contributed by atoms with E-state index in [4.69, 9.17) is 13.9 Å². The summed E-state index contributed by atoms with van der Waals surface area (Å²) < 4.78 is 16.3. The van der Waals surface area contributed by atoms with Crippen molar-refractivity contribution in [3.8, 4) is 11.5 Å². The van der Waals surface area contributed by atoms with Gasteiger partial charge in [0.15, 0.2) is 0 Å². The second-order valence-electron chi connectivity index (χ2n) is 5.97. The molecule has 0 saturated carbocycles. The number of ether oxygens (including phenoxy) is 2. The van der Waals surface area contributed by atoms with Crippen LogP contribution in [-0.2, 0) is 13.1 Å². The van der Waals surface area contributed by atoms with Gasteiger partial charge in [0.2, 0.25) is 0 Å². The summed E-state index contributed by atoms with van der Waals surface area (Å²) in [4.78, 5) is 3.41. The van der Waals surface area contributed by atoms with E-state index < -0.39 is 6.10 Å². The Labute approximate surface area is 157 Å². The standard InChI is InChI=1S/C20H23NO4S/c1-23-17-6-8-18(9-7-17)25-15-16(22)12-21(13-19-4-2-10-24-19)14-20-5-3-11-26-20/h2-11,16,22H,12-15H2,1H3/t16-/m0/s1. The summed E-state index contributed by atoms with van der Waals surface area (Å²) in [6.45, 7) is 2.13. The number of aliphatic hydroxyl groups excluding tert-OH is 1. The number of benzene rings is 1. The maximum absolute atomic E-state index is 10.4. The lowest BCUT2D eigenvalue weighted by atomic mass is 10.3. The molecule has 0 amide bonds. The largest absolute Gasteiger partial charge is 0.497 e. The van der Waals surface area contributed by atoms with Crippen LogP contribution in [0.15, 0.2) is 64.6 Å². The van der Waals surface area contributed by atoms with E-state index in [1.807, 2.05) is 42.5 Å². The fourth-order valence-electron chi connectivity index (χ4n) is 2.65. The van der Waals surface area contributed by atoms with Crippen LogP contribution in [0.2, 0.25) is 0 Å². The van der Waals surface area contributed by atoms with Gasteiger partial charge in [0.1, 0.15) is 30.0 Å². The molecule has 0 aliphatic carbocycles. The number of hydrogen-bond donors (Lipinski definition) is 1. The fraction of sp³-hybridized carbons (Fsp3) is 0.300. The SMILES string of the molecule is COc1ccc(OC[C@@H](O)CN(Cc2ccco2)Cc2cccs2)cc1. The molecule has 3 rings (SSSR count). The lowest BCUT2D eigenvalue weighted by Gasteiger charge is -2.24. The predicted octanol–water partition coefficient (Wildman–Crippen LogP) is 3.79. The zero-order valence-electron chi connectivity index (χ0n) is 14.7. The van der Waals surface area contributed by atoms with Gasteiger partial charge in [0.25, 0.3) is 0 Å². The number of methoxy groups -OCH3 is 1. The minimum atomic E-state index is -0.605. The second-order valence-corrected chi connectivity index (χ2v) is 7.00. The predicted molar refractivity (Wildman–Crippen MR) is 102 cm³/mol. The summed E-state index contributed by atoms with van der Waals surface area (Å²) in [5.41, 5.74) is 0. The maximum atomic E-state index is 10.4. The number of hydrogen-bond acceptors (Lipinski definition) is 6. The minimum absolute atomic E-state index is 0.228. The zero-order valence-corrected chi connectivity index (χ0v) is 15.5. The van der Waals surface area contributed by atoms with Crippen molar-refractivity contribution in [3.05, 3.63) is 70.8 Å². The van der Waals surface area contributed by atoms with Crippen LogP contribution in [0.4, 0.5) is 0 Å². The summed E-state index contributed by atoms with van der Waals surface area (Å²) in [5, 5.41) is 12.5. The molecule has 0 bridgehead atoms. The Bertz CT molecular complexity index is 704. The molecule has 138 valence electrons. The topological polar surface area (TPSA) is 55.1 Å². The molecule has 2 aromatic heterocycles. The van der Waals surface area contributed by atoms with Gasteiger partial charge in [-0.1, -0.05) is 6.07 Å². The molecule has 1 N–H and O–H groups in total. The summed E-state index contributed by atoms with van der Waals surface area (Å²) in [5.74, 6) is 2.36. The molecule has 5 nitrogen and oxygen atoms in total. The molecule has 2 heterocycles. The van der Waals surface area contributed by atoms with Gasteiger partial charge >= 0.3 is 0 Å². The van der Waals surface area contributed by atoms with E-state index in [1.165, 1.54) is 4.88 Å². The van der Waals surface area contributed by atoms with Crippen LogP contribution < -0.4 is 9.47 Å². The van der Waals surface area contributed by atoms with Gasteiger partial charge in [0.05, 0.1) is 19.9 Å². The Morgan fingerprint density at radius 2 is 1.88 bits per heavy atom. The first-order valence-electron chi connectivity index (χ1n) is 8.45. The van der Waals surface area contributed by atoms with Gasteiger partial charge in [-0.2, -0.15) is 0 Å². The van der Waals surface area contributed by atoms with Crippen molar-refractivity contribution in [1.82, 2.24) is 4.90 Å². The monoisotopic (exact) mass is 373 g/mol. The fourth-order valence-corrected chi connectivity index (χ4v) is 3.39. The van der Waals surface area contributed by atoms with Crippen LogP contribution in [-0.4, -0.2) is 36.4 Å². The van der Waals surface area contributed by atoms with E-state index in [2.05, 4.69) is 16.3 Å². The molecule has 0 saturated heterocycles. The number of aliphatic hydroxyl groups is 1. The summed E-state index contributed by atoms with van der Waals surface area (Å²) in [7, 11) is 1.63. The van der Waals surface area contributed by atoms with Gasteiger partial charge in [-0.3, -0.25) is 4.90 Å². The molecule has 0 unspecified atom stereocenters. The van der Waals surface area contributed by atoms with Crippen molar-refractivity contribution in [1.29, 1.82) is 0 Å². The summed E-state index contributed by atoms with van der Waals surface area (Å²) in [6.07, 6.45) is 1.06. The van der Waals surface area contributed by atoms with Crippen molar-refractivity contribution in [2.24, 2.45) is 0 Å². The second kappa shape index (κ2) is 9.43. The van der Waals surface area contributed by atoms with Crippen molar-refractivity contribution in [3.63, 3.8) is 0 Å². The minimum Gasteiger partial charge on any atom is -0.497 e. The molecule has 0 spiro atoms. The van der Waals surface area contributed by atoms with Crippen LogP contribution in [0.3, 0.4) is 0 Å². The van der Waals surface area contributed by atoms with Crippen molar-refractivity contribution < 1.29 is 19.0 Å². The third kappa shape index (κ3) is 5.62. The van der Waals surface area contributed by atoms with Crippen LogP contribution >= 0.6 is 11.3 Å². The highest BCUT2D eigenvalue weighted by Crippen LogP contribution is 2.18. The van der Waals surface area contributed by atoms with Crippen LogP contribution in [0.25, 0.3) is 0 Å². The molecule has 6 heteroatoms. The number of thiophene rings is 1. The third-order valence-electron chi connectivity index (χ3n) is 3.89. The molecule has 1 atom stereocenters. The lowest BCUT2D eigenvalue weighted by Crippen LogP contribution is -2.34. The zero-order chi connectivity index (χ0) is 18.2. The summed E-state index contributed by atoms with van der Waals surface area (Å²) in [6, 6.07) is 15.3. The lowest BCUT2D eigenvalue weighted by molar-refractivity contribution is 0.0608. The molecule has 0 fully saturated rings. The molecule has 3 aromatic rings. The molecule has 1 aromatic carbocycles. The van der Waals surface area contributed by atoms with E-state index in [0.717, 1.165) is 18.1 Å². The van der Waals surface area contributed by atoms with Crippen molar-refractivity contribution in [2.45, 2.75) is 19.2 Å². The number of rotatable bonds is 10. The molecule has 0 radical (unpaired) electrons. The highest BCUT2D eigenvalue weighted by atomic mass is 32.1. The highest BCUT2D eigenvalue weighted by Gasteiger charge is 2.15.